The zero-order valence-corrected chi connectivity index (χ0v) is 22.7. The van der Waals surface area contributed by atoms with E-state index in [0.29, 0.717) is 11.3 Å². The quantitative estimate of drug-likeness (QED) is 0.136. The molecule has 0 saturated carbocycles. The van der Waals surface area contributed by atoms with Crippen LogP contribution in [0.25, 0.3) is 10.8 Å². The molecule has 2 aromatic carbocycles. The van der Waals surface area contributed by atoms with Gasteiger partial charge in [0.1, 0.15) is 5.56 Å². The molecule has 0 heterocycles. The van der Waals surface area contributed by atoms with E-state index >= 15 is 0 Å². The molecule has 0 atom stereocenters. The summed E-state index contributed by atoms with van der Waals surface area (Å²) >= 11 is 1.80. The lowest BCUT2D eigenvalue weighted by atomic mass is 9.95. The fraction of sp³-hybridized carbons (Fsp3) is 0.621. The molecular weight excluding hydrogens is 523 g/mol. The minimum absolute atomic E-state index is 0.323. The minimum atomic E-state index is -0.904. The second kappa shape index (κ2) is 17.2. The monoisotopic (exact) mass is 566 g/mol. The zero-order chi connectivity index (χ0) is 23.7. The topological polar surface area (TPSA) is 46.5 Å². The Morgan fingerprint density at radius 3 is 1.76 bits per heavy atom. The predicted molar refractivity (Wildman–Crippen MR) is 149 cm³/mol. The number of aromatic carboxylic acids is 1. The first-order chi connectivity index (χ1) is 16.2. The molecule has 1 N–H and O–H groups in total. The van der Waals surface area contributed by atoms with E-state index in [9.17, 15) is 9.90 Å². The van der Waals surface area contributed by atoms with E-state index in [-0.39, 0.29) is 0 Å². The molecule has 0 unspecified atom stereocenters. The highest BCUT2D eigenvalue weighted by molar-refractivity contribution is 14.1. The third kappa shape index (κ3) is 10.2. The van der Waals surface area contributed by atoms with Crippen LogP contribution in [0.4, 0.5) is 0 Å². The van der Waals surface area contributed by atoms with Gasteiger partial charge in [-0.1, -0.05) is 134 Å². The molecule has 0 aliphatic carbocycles. The smallest absolute Gasteiger partial charge is 0.339 e. The van der Waals surface area contributed by atoms with Crippen LogP contribution in [-0.4, -0.2) is 11.1 Å². The summed E-state index contributed by atoms with van der Waals surface area (Å²) in [6.07, 6.45) is 22.3. The van der Waals surface area contributed by atoms with Crippen LogP contribution >= 0.6 is 23.0 Å². The highest BCUT2D eigenvalue weighted by Crippen LogP contribution is 2.35. The number of carbonyl (C=O) groups is 1. The molecule has 0 spiro atoms. The van der Waals surface area contributed by atoms with E-state index in [4.69, 9.17) is 3.07 Å². The Morgan fingerprint density at radius 1 is 0.788 bits per heavy atom. The third-order valence-corrected chi connectivity index (χ3v) is 7.11. The van der Waals surface area contributed by atoms with Crippen LogP contribution in [0.2, 0.25) is 0 Å². The van der Waals surface area contributed by atoms with Crippen LogP contribution in [0.15, 0.2) is 30.3 Å². The van der Waals surface area contributed by atoms with Gasteiger partial charge in [-0.15, -0.1) is 0 Å². The Labute approximate surface area is 215 Å². The molecule has 33 heavy (non-hydrogen) atoms. The maximum absolute atomic E-state index is 11.9. The molecule has 0 aliphatic rings. The summed E-state index contributed by atoms with van der Waals surface area (Å²) in [5, 5.41) is 11.7. The van der Waals surface area contributed by atoms with Crippen molar-refractivity contribution in [3.05, 3.63) is 41.5 Å². The third-order valence-electron chi connectivity index (χ3n) is 6.67. The van der Waals surface area contributed by atoms with E-state index in [1.165, 1.54) is 89.9 Å². The number of hydrogen-bond acceptors (Lipinski definition) is 2. The molecule has 2 rings (SSSR count). The van der Waals surface area contributed by atoms with Gasteiger partial charge in [-0.2, -0.15) is 0 Å². The number of fused-ring (bicyclic) bond motifs is 1. The average Bonchev–Trinajstić information content (AvgIpc) is 2.82. The van der Waals surface area contributed by atoms with Gasteiger partial charge in [0, 0.05) is 5.39 Å². The summed E-state index contributed by atoms with van der Waals surface area (Å²) in [5.74, 6) is -0.424. The van der Waals surface area contributed by atoms with Gasteiger partial charge in [-0.25, -0.2) is 4.79 Å². The van der Waals surface area contributed by atoms with Gasteiger partial charge in [0.15, 0.2) is 28.8 Å². The lowest BCUT2D eigenvalue weighted by molar-refractivity contribution is 0.0694. The Bertz CT molecular complexity index is 818. The average molecular weight is 567 g/mol. The standard InChI is InChI=1S/C29H43IO3/c1-2-3-4-5-6-7-8-9-10-11-12-13-14-15-16-17-21-25-23-24-20-18-19-22-26(24)28(33-30)27(25)29(31)32/h18-20,22-23H,2-17,21H2,1H3,(H,31,32). The lowest BCUT2D eigenvalue weighted by Gasteiger charge is -2.13. The maximum atomic E-state index is 11.9. The molecule has 0 aromatic heterocycles. The molecular formula is C29H43IO3. The largest absolute Gasteiger partial charge is 0.478 e. The summed E-state index contributed by atoms with van der Waals surface area (Å²) in [4.78, 5) is 11.9. The zero-order valence-electron chi connectivity index (χ0n) is 20.5. The molecule has 2 aromatic rings. The number of unbranched alkanes of at least 4 members (excludes halogenated alkanes) is 15. The number of benzene rings is 2. The van der Waals surface area contributed by atoms with Gasteiger partial charge in [0.2, 0.25) is 0 Å². The van der Waals surface area contributed by atoms with Crippen molar-refractivity contribution < 1.29 is 13.0 Å². The van der Waals surface area contributed by atoms with Crippen LogP contribution in [0.5, 0.6) is 5.75 Å². The molecule has 0 fully saturated rings. The summed E-state index contributed by atoms with van der Waals surface area (Å²) < 4.78 is 5.48. The SMILES string of the molecule is CCCCCCCCCCCCCCCCCCc1cc2ccccc2c(OI)c1C(=O)O. The first-order valence-electron chi connectivity index (χ1n) is 13.3. The van der Waals surface area contributed by atoms with Gasteiger partial charge in [0.05, 0.1) is 0 Å². The highest BCUT2D eigenvalue weighted by atomic mass is 127. The first kappa shape index (κ1) is 27.9. The molecule has 4 heteroatoms. The van der Waals surface area contributed by atoms with Crippen molar-refractivity contribution in [2.45, 2.75) is 116 Å². The van der Waals surface area contributed by atoms with Gasteiger partial charge in [-0.3, -0.25) is 0 Å². The molecule has 0 radical (unpaired) electrons. The van der Waals surface area contributed by atoms with Crippen LogP contribution in [0.3, 0.4) is 0 Å². The fourth-order valence-corrected chi connectivity index (χ4v) is 5.20. The number of carboxylic acids is 1. The molecule has 0 saturated heterocycles. The van der Waals surface area contributed by atoms with Crippen molar-refractivity contribution in [2.75, 3.05) is 0 Å². The summed E-state index contributed by atoms with van der Waals surface area (Å²) in [6.45, 7) is 2.28. The molecule has 0 aliphatic heterocycles. The van der Waals surface area contributed by atoms with Gasteiger partial charge in [0.25, 0.3) is 0 Å². The van der Waals surface area contributed by atoms with E-state index in [0.717, 1.165) is 35.6 Å². The molecule has 3 nitrogen and oxygen atoms in total. The van der Waals surface area contributed by atoms with Crippen molar-refractivity contribution >= 4 is 39.7 Å². The van der Waals surface area contributed by atoms with Crippen molar-refractivity contribution in [3.8, 4) is 5.75 Å². The number of hydrogen-bond donors (Lipinski definition) is 1. The Morgan fingerprint density at radius 2 is 1.27 bits per heavy atom. The summed E-state index contributed by atoms with van der Waals surface area (Å²) in [5.41, 5.74) is 1.21. The molecule has 0 bridgehead atoms. The fourth-order valence-electron chi connectivity index (χ4n) is 4.75. The Hall–Kier alpha value is -1.30. The van der Waals surface area contributed by atoms with Crippen LogP contribution in [-0.2, 0) is 6.42 Å². The van der Waals surface area contributed by atoms with Gasteiger partial charge >= 0.3 is 5.97 Å². The number of rotatable bonds is 19. The van der Waals surface area contributed by atoms with Crippen LogP contribution in [0.1, 0.15) is 126 Å². The van der Waals surface area contributed by atoms with Crippen molar-refractivity contribution in [3.63, 3.8) is 0 Å². The number of carboxylic acid groups (broad SMARTS) is 1. The van der Waals surface area contributed by atoms with Gasteiger partial charge < -0.3 is 8.17 Å². The number of halogens is 1. The van der Waals surface area contributed by atoms with Crippen molar-refractivity contribution in [2.24, 2.45) is 0 Å². The highest BCUT2D eigenvalue weighted by Gasteiger charge is 2.20. The van der Waals surface area contributed by atoms with E-state index in [1.54, 1.807) is 23.0 Å². The normalized spacial score (nSPS) is 11.2. The lowest BCUT2D eigenvalue weighted by Crippen LogP contribution is -2.05. The number of aryl methyl sites for hydroxylation is 1. The second-order valence-electron chi connectivity index (χ2n) is 9.40. The first-order valence-corrected chi connectivity index (χ1v) is 14.1. The van der Waals surface area contributed by atoms with Crippen molar-refractivity contribution in [1.29, 1.82) is 0 Å². The maximum Gasteiger partial charge on any atom is 0.339 e. The Balaban J connectivity index is 1.58. The second-order valence-corrected chi connectivity index (χ2v) is 9.84. The van der Waals surface area contributed by atoms with Gasteiger partial charge in [-0.05, 0) is 23.8 Å². The summed E-state index contributed by atoms with van der Waals surface area (Å²) in [6, 6.07) is 9.88. The molecule has 0 amide bonds. The van der Waals surface area contributed by atoms with Crippen molar-refractivity contribution in [1.82, 2.24) is 0 Å². The van der Waals surface area contributed by atoms with Crippen LogP contribution in [0, 0.1) is 0 Å². The van der Waals surface area contributed by atoms with E-state index in [1.807, 2.05) is 30.3 Å². The predicted octanol–water partition coefficient (Wildman–Crippen LogP) is 10.1. The molecule has 184 valence electrons. The minimum Gasteiger partial charge on any atom is -0.478 e. The van der Waals surface area contributed by atoms with E-state index < -0.39 is 5.97 Å². The Kier molecular flexibility index (Phi) is 14.5. The summed E-state index contributed by atoms with van der Waals surface area (Å²) in [7, 11) is 0. The van der Waals surface area contributed by atoms with E-state index in [2.05, 4.69) is 6.92 Å². The van der Waals surface area contributed by atoms with Crippen LogP contribution < -0.4 is 3.07 Å².